The third-order valence-electron chi connectivity index (χ3n) is 7.43. The van der Waals surface area contributed by atoms with Gasteiger partial charge in [-0.1, -0.05) is 29.8 Å². The minimum atomic E-state index is -4.06. The molecular formula is C26H33N4O9S2+. The molecule has 2 saturated heterocycles. The molecule has 2 atom stereocenters. The Kier molecular flexibility index (Phi) is 8.84. The minimum absolute atomic E-state index is 0.0294. The molecule has 2 aliphatic heterocycles. The van der Waals surface area contributed by atoms with Crippen molar-refractivity contribution in [2.75, 3.05) is 36.5 Å². The number of nitrogens with one attached hydrogen (secondary N) is 2. The first-order chi connectivity index (χ1) is 19.2. The van der Waals surface area contributed by atoms with Crippen molar-refractivity contribution >= 4 is 43.5 Å². The van der Waals surface area contributed by atoms with Gasteiger partial charge >= 0.3 is 18.0 Å². The van der Waals surface area contributed by atoms with Gasteiger partial charge in [0.15, 0.2) is 15.9 Å². The lowest BCUT2D eigenvalue weighted by molar-refractivity contribution is -0.898. The van der Waals surface area contributed by atoms with E-state index in [-0.39, 0.29) is 54.6 Å². The van der Waals surface area contributed by atoms with Crippen molar-refractivity contribution < 1.29 is 46.0 Å². The van der Waals surface area contributed by atoms with Crippen LogP contribution in [0.4, 0.5) is 10.5 Å². The lowest BCUT2D eigenvalue weighted by atomic mass is 10.1. The lowest BCUT2D eigenvalue weighted by Gasteiger charge is -2.41. The maximum atomic E-state index is 14.2. The van der Waals surface area contributed by atoms with Crippen LogP contribution in [0.15, 0.2) is 53.4 Å². The molecule has 41 heavy (non-hydrogen) atoms. The summed E-state index contributed by atoms with van der Waals surface area (Å²) >= 11 is 0. The molecule has 4 N–H and O–H groups in total. The molecule has 0 bridgehead atoms. The van der Waals surface area contributed by atoms with Gasteiger partial charge in [0, 0.05) is 18.7 Å². The quantitative estimate of drug-likeness (QED) is 0.301. The predicted molar refractivity (Wildman–Crippen MR) is 148 cm³/mol. The summed E-state index contributed by atoms with van der Waals surface area (Å²) in [4.78, 5) is 37.6. The number of carboxylic acid groups (broad SMARTS) is 2. The predicted octanol–water partition coefficient (Wildman–Crippen LogP) is 1.21. The highest BCUT2D eigenvalue weighted by Gasteiger charge is 2.53. The Morgan fingerprint density at radius 3 is 2.34 bits per heavy atom. The number of amides is 2. The van der Waals surface area contributed by atoms with Gasteiger partial charge in [-0.15, -0.1) is 5.43 Å². The van der Waals surface area contributed by atoms with E-state index < -0.39 is 54.5 Å². The van der Waals surface area contributed by atoms with Crippen molar-refractivity contribution in [1.29, 1.82) is 0 Å². The molecule has 13 nitrogen and oxygen atoms in total. The Bertz CT molecular complexity index is 1530. The SMILES string of the molecule is Cc1ccc(S(=O)(=O)N2CCC[C@H]2C(=O)[N+]2(N[C@@H](Cc3cccc(NC(=O)O)c3)C(=O)O)CCS(=O)(=O)CC2)cc1. The fourth-order valence-corrected chi connectivity index (χ4v) is 8.28. The first-order valence-corrected chi connectivity index (χ1v) is 16.3. The van der Waals surface area contributed by atoms with Crippen molar-refractivity contribution in [3.8, 4) is 0 Å². The van der Waals surface area contributed by atoms with Gasteiger partial charge in [-0.3, -0.25) is 10.1 Å². The van der Waals surface area contributed by atoms with E-state index in [1.807, 2.05) is 6.92 Å². The van der Waals surface area contributed by atoms with Crippen LogP contribution in [0, 0.1) is 6.92 Å². The first kappa shape index (κ1) is 30.6. The van der Waals surface area contributed by atoms with E-state index in [1.54, 1.807) is 24.3 Å². The summed E-state index contributed by atoms with van der Waals surface area (Å²) in [7, 11) is -7.54. The van der Waals surface area contributed by atoms with Gasteiger partial charge in [0.05, 0.1) is 4.90 Å². The number of hydrogen-bond donors (Lipinski definition) is 4. The van der Waals surface area contributed by atoms with E-state index in [0.717, 1.165) is 9.87 Å². The highest BCUT2D eigenvalue weighted by Crippen LogP contribution is 2.30. The molecule has 2 fully saturated rings. The summed E-state index contributed by atoms with van der Waals surface area (Å²) in [6, 6.07) is 9.87. The summed E-state index contributed by atoms with van der Waals surface area (Å²) in [5.41, 5.74) is 4.43. The van der Waals surface area contributed by atoms with Crippen LogP contribution in [-0.4, -0.2) is 97.1 Å². The van der Waals surface area contributed by atoms with Crippen molar-refractivity contribution in [2.45, 2.75) is 43.2 Å². The van der Waals surface area contributed by atoms with Gasteiger partial charge in [0.2, 0.25) is 10.0 Å². The van der Waals surface area contributed by atoms with E-state index in [1.165, 1.54) is 24.3 Å². The summed E-state index contributed by atoms with van der Waals surface area (Å²) < 4.78 is 52.1. The maximum absolute atomic E-state index is 14.2. The molecule has 0 aromatic heterocycles. The molecule has 0 radical (unpaired) electrons. The number of sulfonamides is 1. The van der Waals surface area contributed by atoms with E-state index in [2.05, 4.69) is 10.7 Å². The average Bonchev–Trinajstić information content (AvgIpc) is 3.40. The Balaban J connectivity index is 1.65. The van der Waals surface area contributed by atoms with Crippen LogP contribution < -0.4 is 10.7 Å². The van der Waals surface area contributed by atoms with Gasteiger partial charge in [-0.25, -0.2) is 26.4 Å². The Morgan fingerprint density at radius 2 is 1.73 bits per heavy atom. The maximum Gasteiger partial charge on any atom is 0.409 e. The average molecular weight is 610 g/mol. The van der Waals surface area contributed by atoms with E-state index in [4.69, 9.17) is 5.11 Å². The molecule has 4 rings (SSSR count). The van der Waals surface area contributed by atoms with Gasteiger partial charge in [0.25, 0.3) is 0 Å². The number of carbonyl (C=O) groups excluding carboxylic acids is 1. The zero-order valence-corrected chi connectivity index (χ0v) is 24.0. The number of aliphatic carboxylic acids is 1. The highest BCUT2D eigenvalue weighted by molar-refractivity contribution is 7.91. The number of hydrogen-bond acceptors (Lipinski definition) is 8. The van der Waals surface area contributed by atoms with Crippen LogP contribution in [0.1, 0.15) is 24.0 Å². The molecule has 0 spiro atoms. The van der Waals surface area contributed by atoms with Crippen LogP contribution in [0.25, 0.3) is 0 Å². The minimum Gasteiger partial charge on any atom is -0.480 e. The van der Waals surface area contributed by atoms with Crippen molar-refractivity contribution in [3.05, 3.63) is 59.7 Å². The topological polar surface area (TPSA) is 187 Å². The number of rotatable bonds is 9. The number of nitrogens with zero attached hydrogens (tertiary/aromatic N) is 2. The molecule has 222 valence electrons. The third kappa shape index (κ3) is 6.93. The summed E-state index contributed by atoms with van der Waals surface area (Å²) in [5, 5.41) is 21.3. The molecule has 0 unspecified atom stereocenters. The number of carbonyl (C=O) groups is 3. The molecule has 2 aromatic rings. The molecule has 15 heteroatoms. The smallest absolute Gasteiger partial charge is 0.409 e. The molecule has 2 aliphatic rings. The van der Waals surface area contributed by atoms with Gasteiger partial charge in [-0.2, -0.15) is 8.90 Å². The zero-order chi connectivity index (χ0) is 30.0. The van der Waals surface area contributed by atoms with E-state index >= 15 is 0 Å². The first-order valence-electron chi connectivity index (χ1n) is 13.0. The highest BCUT2D eigenvalue weighted by atomic mass is 32.2. The summed E-state index contributed by atoms with van der Waals surface area (Å²) in [6.45, 7) is 1.39. The number of carboxylic acids is 1. The van der Waals surface area contributed by atoms with E-state index in [0.29, 0.717) is 12.0 Å². The zero-order valence-electron chi connectivity index (χ0n) is 22.4. The molecule has 2 heterocycles. The van der Waals surface area contributed by atoms with Crippen LogP contribution in [0.5, 0.6) is 0 Å². The number of aryl methyl sites for hydroxylation is 1. The number of quaternary nitrogens is 1. The Morgan fingerprint density at radius 1 is 1.07 bits per heavy atom. The van der Waals surface area contributed by atoms with Gasteiger partial charge in [-0.05, 0) is 49.6 Å². The normalized spacial score (nSPS) is 21.1. The fourth-order valence-electron chi connectivity index (χ4n) is 5.24. The number of anilines is 1. The van der Waals surface area contributed by atoms with Crippen LogP contribution in [0.2, 0.25) is 0 Å². The molecule has 2 aromatic carbocycles. The molecule has 0 saturated carbocycles. The monoisotopic (exact) mass is 609 g/mol. The van der Waals surface area contributed by atoms with E-state index in [9.17, 15) is 36.3 Å². The summed E-state index contributed by atoms with van der Waals surface area (Å²) in [6.07, 6.45) is -0.827. The largest absolute Gasteiger partial charge is 0.480 e. The second-order valence-electron chi connectivity index (χ2n) is 10.3. The molecule has 2 amide bonds. The van der Waals surface area contributed by atoms with Gasteiger partial charge in [0.1, 0.15) is 30.6 Å². The Hall–Kier alpha value is -3.37. The van der Waals surface area contributed by atoms with Crippen LogP contribution in [0.3, 0.4) is 0 Å². The number of sulfone groups is 1. The van der Waals surface area contributed by atoms with Crippen molar-refractivity contribution in [1.82, 2.24) is 9.73 Å². The van der Waals surface area contributed by atoms with Crippen LogP contribution >= 0.6 is 0 Å². The molecule has 0 aliphatic carbocycles. The third-order valence-corrected chi connectivity index (χ3v) is 11.0. The standard InChI is InChI=1S/C26H32N4O9S2/c1-18-7-9-21(10-8-18)41(38,39)29-11-3-6-23(29)24(31)30(12-14-40(36,37)15-13-30)28-22(25(32)33)17-19-4-2-5-20(16-19)27-26(34)35/h2,4-5,7-10,16,22-23,27-28H,3,6,11-15,17H2,1H3,(H-,32,33,34,35)/p+1/t22-,23-/m0/s1. The van der Waals surface area contributed by atoms with Crippen LogP contribution in [-0.2, 0) is 35.9 Å². The lowest BCUT2D eigenvalue weighted by Crippen LogP contribution is -2.73. The number of benzene rings is 2. The molecular weight excluding hydrogens is 576 g/mol. The summed E-state index contributed by atoms with van der Waals surface area (Å²) in [5.74, 6) is -2.68. The van der Waals surface area contributed by atoms with Gasteiger partial charge < -0.3 is 10.2 Å². The second-order valence-corrected chi connectivity index (χ2v) is 14.5. The Labute approximate surface area is 238 Å². The second kappa shape index (κ2) is 11.9. The van der Waals surface area contributed by atoms with Crippen molar-refractivity contribution in [2.24, 2.45) is 0 Å². The van der Waals surface area contributed by atoms with Crippen molar-refractivity contribution in [3.63, 3.8) is 0 Å². The fraction of sp³-hybridized carbons (Fsp3) is 0.423.